The first-order valence-electron chi connectivity index (χ1n) is 3.47. The third-order valence-corrected chi connectivity index (χ3v) is 2.75. The third-order valence-electron chi connectivity index (χ3n) is 1.31. The molecule has 0 bridgehead atoms. The number of carbonyl (C=O) groups is 1. The second-order valence-electron chi connectivity index (χ2n) is 2.13. The summed E-state index contributed by atoms with van der Waals surface area (Å²) in [5, 5.41) is 0. The highest BCUT2D eigenvalue weighted by atomic mass is 32.2. The van der Waals surface area contributed by atoms with Gasteiger partial charge < -0.3 is 4.74 Å². The van der Waals surface area contributed by atoms with Crippen molar-refractivity contribution in [3.8, 4) is 0 Å². The minimum atomic E-state index is -0.337. The van der Waals surface area contributed by atoms with Crippen LogP contribution < -0.4 is 0 Å². The summed E-state index contributed by atoms with van der Waals surface area (Å²) < 4.78 is 5.29. The summed E-state index contributed by atoms with van der Waals surface area (Å²) >= 11 is 6.41. The number of cyclic esters (lactones) is 1. The zero-order valence-electron chi connectivity index (χ0n) is 6.49. The highest BCUT2D eigenvalue weighted by molar-refractivity contribution is 8.23. The Morgan fingerprint density at radius 3 is 3.17 bits per heavy atom. The van der Waals surface area contributed by atoms with Gasteiger partial charge in [-0.05, 0) is 0 Å². The van der Waals surface area contributed by atoms with Crippen molar-refractivity contribution in [2.24, 2.45) is 0 Å². The molecule has 1 aliphatic heterocycles. The molecule has 1 rings (SSSR count). The molecule has 0 unspecified atom stereocenters. The smallest absolute Gasteiger partial charge is 0.415 e. The topological polar surface area (TPSA) is 29.5 Å². The second kappa shape index (κ2) is 4.47. The van der Waals surface area contributed by atoms with E-state index in [-0.39, 0.29) is 6.09 Å². The van der Waals surface area contributed by atoms with E-state index in [9.17, 15) is 4.79 Å². The van der Waals surface area contributed by atoms with Crippen molar-refractivity contribution < 1.29 is 9.53 Å². The predicted octanol–water partition coefficient (Wildman–Crippen LogP) is 1.64. The van der Waals surface area contributed by atoms with E-state index in [1.807, 2.05) is 0 Å². The predicted molar refractivity (Wildman–Crippen MR) is 53.3 cm³/mol. The SMILES string of the molecule is C=CCSC(=S)N1CCOC1=O. The molecule has 0 aromatic heterocycles. The molecular formula is C7H9NO2S2. The lowest BCUT2D eigenvalue weighted by Gasteiger charge is -2.11. The van der Waals surface area contributed by atoms with Crippen LogP contribution in [0.2, 0.25) is 0 Å². The number of amides is 1. The molecule has 0 aromatic rings. The van der Waals surface area contributed by atoms with E-state index in [2.05, 4.69) is 6.58 Å². The standard InChI is InChI=1S/C7H9NO2S2/c1-2-5-12-7(11)8-3-4-10-6(8)9/h2H,1,3-5H2. The maximum Gasteiger partial charge on any atom is 0.415 e. The monoisotopic (exact) mass is 203 g/mol. The molecule has 66 valence electrons. The van der Waals surface area contributed by atoms with Gasteiger partial charge in [-0.2, -0.15) is 0 Å². The zero-order chi connectivity index (χ0) is 8.97. The Bertz CT molecular complexity index is 217. The van der Waals surface area contributed by atoms with Crippen LogP contribution in [-0.4, -0.2) is 34.2 Å². The molecule has 1 heterocycles. The quantitative estimate of drug-likeness (QED) is 0.504. The maximum absolute atomic E-state index is 11.0. The Morgan fingerprint density at radius 2 is 2.67 bits per heavy atom. The molecule has 5 heteroatoms. The Hall–Kier alpha value is -0.550. The lowest BCUT2D eigenvalue weighted by molar-refractivity contribution is 0.169. The maximum atomic E-state index is 11.0. The zero-order valence-corrected chi connectivity index (χ0v) is 8.12. The number of thiocarbonyl (C=S) groups is 1. The van der Waals surface area contributed by atoms with Crippen LogP contribution in [0.3, 0.4) is 0 Å². The van der Waals surface area contributed by atoms with Crippen LogP contribution in [0.15, 0.2) is 12.7 Å². The first kappa shape index (κ1) is 9.54. The molecular weight excluding hydrogens is 194 g/mol. The van der Waals surface area contributed by atoms with E-state index in [0.717, 1.165) is 5.75 Å². The normalized spacial score (nSPS) is 16.0. The van der Waals surface area contributed by atoms with Gasteiger partial charge in [-0.15, -0.1) is 6.58 Å². The number of thioether (sulfide) groups is 1. The van der Waals surface area contributed by atoms with Crippen molar-refractivity contribution in [3.63, 3.8) is 0 Å². The highest BCUT2D eigenvalue weighted by Crippen LogP contribution is 2.13. The van der Waals surface area contributed by atoms with E-state index >= 15 is 0 Å². The molecule has 0 spiro atoms. The molecule has 0 aliphatic carbocycles. The minimum Gasteiger partial charge on any atom is -0.447 e. The summed E-state index contributed by atoms with van der Waals surface area (Å²) in [4.78, 5) is 12.4. The van der Waals surface area contributed by atoms with E-state index in [1.165, 1.54) is 16.7 Å². The summed E-state index contributed by atoms with van der Waals surface area (Å²) in [6.45, 7) is 4.57. The fraction of sp³-hybridized carbons (Fsp3) is 0.429. The third kappa shape index (κ3) is 2.22. The summed E-state index contributed by atoms with van der Waals surface area (Å²) in [6, 6.07) is 0. The Morgan fingerprint density at radius 1 is 1.92 bits per heavy atom. The molecule has 0 N–H and O–H groups in total. The van der Waals surface area contributed by atoms with Crippen molar-refractivity contribution >= 4 is 34.4 Å². The van der Waals surface area contributed by atoms with Crippen LogP contribution >= 0.6 is 24.0 Å². The molecule has 1 amide bonds. The van der Waals surface area contributed by atoms with E-state index < -0.39 is 0 Å². The van der Waals surface area contributed by atoms with E-state index in [1.54, 1.807) is 6.08 Å². The summed E-state index contributed by atoms with van der Waals surface area (Å²) in [5.74, 6) is 0.725. The highest BCUT2D eigenvalue weighted by Gasteiger charge is 2.25. The van der Waals surface area contributed by atoms with Crippen LogP contribution in [0.25, 0.3) is 0 Å². The van der Waals surface area contributed by atoms with Gasteiger partial charge in [0.05, 0.1) is 6.54 Å². The van der Waals surface area contributed by atoms with Crippen LogP contribution in [0, 0.1) is 0 Å². The Balaban J connectivity index is 2.40. The first-order valence-corrected chi connectivity index (χ1v) is 4.87. The van der Waals surface area contributed by atoms with Gasteiger partial charge in [0, 0.05) is 5.75 Å². The van der Waals surface area contributed by atoms with Crippen molar-refractivity contribution in [1.29, 1.82) is 0 Å². The van der Waals surface area contributed by atoms with Gasteiger partial charge >= 0.3 is 6.09 Å². The van der Waals surface area contributed by atoms with E-state index in [4.69, 9.17) is 17.0 Å². The number of rotatable bonds is 2. The summed E-state index contributed by atoms with van der Waals surface area (Å²) in [5.41, 5.74) is 0. The lowest BCUT2D eigenvalue weighted by atomic mass is 10.7. The average molecular weight is 203 g/mol. The van der Waals surface area contributed by atoms with Gasteiger partial charge in [0.1, 0.15) is 10.9 Å². The van der Waals surface area contributed by atoms with Gasteiger partial charge in [-0.3, -0.25) is 4.90 Å². The van der Waals surface area contributed by atoms with E-state index in [0.29, 0.717) is 17.5 Å². The molecule has 3 nitrogen and oxygen atoms in total. The second-order valence-corrected chi connectivity index (χ2v) is 3.79. The Kier molecular flexibility index (Phi) is 3.55. The molecule has 12 heavy (non-hydrogen) atoms. The van der Waals surface area contributed by atoms with Gasteiger partial charge in [0.15, 0.2) is 0 Å². The number of nitrogens with zero attached hydrogens (tertiary/aromatic N) is 1. The number of hydrogen-bond acceptors (Lipinski definition) is 4. The molecule has 1 aliphatic rings. The number of carbonyl (C=O) groups excluding carboxylic acids is 1. The van der Waals surface area contributed by atoms with Crippen LogP contribution in [0.5, 0.6) is 0 Å². The number of ether oxygens (including phenoxy) is 1. The average Bonchev–Trinajstić information content (AvgIpc) is 2.47. The minimum absolute atomic E-state index is 0.337. The summed E-state index contributed by atoms with van der Waals surface area (Å²) in [6.07, 6.45) is 1.41. The lowest BCUT2D eigenvalue weighted by Crippen LogP contribution is -2.27. The Labute approximate surface area is 80.8 Å². The first-order chi connectivity index (χ1) is 5.75. The van der Waals surface area contributed by atoms with Crippen LogP contribution in [0.4, 0.5) is 4.79 Å². The van der Waals surface area contributed by atoms with Crippen molar-refractivity contribution in [3.05, 3.63) is 12.7 Å². The fourth-order valence-electron chi connectivity index (χ4n) is 0.767. The van der Waals surface area contributed by atoms with Crippen molar-refractivity contribution in [2.45, 2.75) is 0 Å². The van der Waals surface area contributed by atoms with Gasteiger partial charge in [0.2, 0.25) is 0 Å². The molecule has 0 radical (unpaired) electrons. The van der Waals surface area contributed by atoms with Gasteiger partial charge in [-0.25, -0.2) is 4.79 Å². The molecule has 0 saturated carbocycles. The van der Waals surface area contributed by atoms with Gasteiger partial charge in [0.25, 0.3) is 0 Å². The van der Waals surface area contributed by atoms with Crippen molar-refractivity contribution in [1.82, 2.24) is 4.90 Å². The molecule has 0 atom stereocenters. The van der Waals surface area contributed by atoms with Crippen LogP contribution in [0.1, 0.15) is 0 Å². The number of hydrogen-bond donors (Lipinski definition) is 0. The molecule has 1 fully saturated rings. The van der Waals surface area contributed by atoms with Crippen LogP contribution in [-0.2, 0) is 4.74 Å². The van der Waals surface area contributed by atoms with Crippen molar-refractivity contribution in [2.75, 3.05) is 18.9 Å². The molecule has 0 aromatic carbocycles. The van der Waals surface area contributed by atoms with Gasteiger partial charge in [-0.1, -0.05) is 30.1 Å². The molecule has 1 saturated heterocycles. The fourth-order valence-corrected chi connectivity index (χ4v) is 1.72. The summed E-state index contributed by atoms with van der Waals surface area (Å²) in [7, 11) is 0. The largest absolute Gasteiger partial charge is 0.447 e.